The maximum atomic E-state index is 13.6. The number of carbonyl (C=O) groups is 1. The molecule has 0 radical (unpaired) electrons. The van der Waals surface area contributed by atoms with Crippen LogP contribution in [0.15, 0.2) is 83.9 Å². The number of anilines is 1. The molecule has 0 bridgehead atoms. The van der Waals surface area contributed by atoms with Crippen LogP contribution in [0.4, 0.5) is 10.7 Å². The van der Waals surface area contributed by atoms with Gasteiger partial charge in [0.1, 0.15) is 11.6 Å². The van der Waals surface area contributed by atoms with Gasteiger partial charge in [-0.05, 0) is 77.6 Å². The lowest BCUT2D eigenvalue weighted by Gasteiger charge is -2.33. The van der Waals surface area contributed by atoms with Crippen LogP contribution in [-0.4, -0.2) is 19.2 Å². The highest BCUT2D eigenvalue weighted by molar-refractivity contribution is 7.16. The summed E-state index contributed by atoms with van der Waals surface area (Å²) >= 11 is 1.64. The minimum absolute atomic E-state index is 0.104. The maximum Gasteiger partial charge on any atom is 0.259 e. The Balaban J connectivity index is 1.42. The number of carbonyl (C=O) groups excluding carboxylic acids is 1. The number of benzene rings is 3. The summed E-state index contributed by atoms with van der Waals surface area (Å²) in [5.74, 6) is 1.78. The number of fused-ring (bicyclic) bond motifs is 1. The van der Waals surface area contributed by atoms with Crippen molar-refractivity contribution in [1.82, 2.24) is 0 Å². The molecule has 1 aromatic heterocycles. The second-order valence-corrected chi connectivity index (χ2v) is 12.3. The number of methoxy groups -OCH3 is 1. The Morgan fingerprint density at radius 2 is 1.75 bits per heavy atom. The average Bonchev–Trinajstić information content (AvgIpc) is 3.33. The van der Waals surface area contributed by atoms with Gasteiger partial charge in [-0.15, -0.1) is 11.3 Å². The molecular weight excluding hydrogens is 516 g/mol. The summed E-state index contributed by atoms with van der Waals surface area (Å²) < 4.78 is 11.6. The third-order valence-electron chi connectivity index (χ3n) is 7.49. The Bertz CT molecular complexity index is 1490. The fourth-order valence-electron chi connectivity index (χ4n) is 5.10. The number of nitrogens with zero attached hydrogens (tertiary/aromatic N) is 1. The van der Waals surface area contributed by atoms with Crippen LogP contribution in [0.25, 0.3) is 0 Å². The van der Waals surface area contributed by atoms with Crippen molar-refractivity contribution in [3.8, 4) is 11.5 Å². The number of aliphatic imine (C=N–C) groups is 1. The predicted molar refractivity (Wildman–Crippen MR) is 165 cm³/mol. The molecular formula is C34H36N2O3S. The lowest BCUT2D eigenvalue weighted by Crippen LogP contribution is -2.27. The highest BCUT2D eigenvalue weighted by Crippen LogP contribution is 2.45. The molecule has 1 atom stereocenters. The first kappa shape index (κ1) is 27.7. The zero-order valence-corrected chi connectivity index (χ0v) is 24.4. The highest BCUT2D eigenvalue weighted by Gasteiger charge is 2.33. The first-order valence-corrected chi connectivity index (χ1v) is 14.5. The number of hydrogen-bond donors (Lipinski definition) is 1. The summed E-state index contributed by atoms with van der Waals surface area (Å²) in [5.41, 5.74) is 4.81. The predicted octanol–water partition coefficient (Wildman–Crippen LogP) is 8.49. The molecule has 0 fully saturated rings. The number of amides is 1. The Kier molecular flexibility index (Phi) is 8.36. The van der Waals surface area contributed by atoms with Crippen molar-refractivity contribution in [2.24, 2.45) is 16.3 Å². The smallest absolute Gasteiger partial charge is 0.259 e. The van der Waals surface area contributed by atoms with E-state index in [9.17, 15) is 4.79 Å². The van der Waals surface area contributed by atoms with E-state index in [0.29, 0.717) is 29.6 Å². The average molecular weight is 553 g/mol. The summed E-state index contributed by atoms with van der Waals surface area (Å²) in [7, 11) is 1.64. The summed E-state index contributed by atoms with van der Waals surface area (Å²) in [5, 5.41) is 3.83. The molecule has 206 valence electrons. The minimum atomic E-state index is -0.104. The van der Waals surface area contributed by atoms with Crippen molar-refractivity contribution in [3.05, 3.63) is 106 Å². The van der Waals surface area contributed by atoms with E-state index in [0.717, 1.165) is 46.6 Å². The largest absolute Gasteiger partial charge is 0.493 e. The molecule has 1 aliphatic rings. The summed E-state index contributed by atoms with van der Waals surface area (Å²) in [6, 6.07) is 25.4. The second-order valence-electron chi connectivity index (χ2n) is 11.3. The van der Waals surface area contributed by atoms with E-state index in [1.807, 2.05) is 78.9 Å². The molecule has 0 saturated carbocycles. The van der Waals surface area contributed by atoms with Crippen molar-refractivity contribution < 1.29 is 14.3 Å². The molecule has 0 saturated heterocycles. The molecule has 1 N–H and O–H groups in total. The van der Waals surface area contributed by atoms with E-state index in [2.05, 4.69) is 26.1 Å². The minimum Gasteiger partial charge on any atom is -0.493 e. The number of nitrogens with one attached hydrogen (secondary N) is 1. The first-order chi connectivity index (χ1) is 19.3. The number of ether oxygens (including phenoxy) is 2. The van der Waals surface area contributed by atoms with Crippen LogP contribution in [0.3, 0.4) is 0 Å². The third kappa shape index (κ3) is 6.45. The van der Waals surface area contributed by atoms with E-state index in [1.165, 1.54) is 4.88 Å². The van der Waals surface area contributed by atoms with E-state index in [1.54, 1.807) is 24.7 Å². The summed E-state index contributed by atoms with van der Waals surface area (Å²) in [4.78, 5) is 19.7. The van der Waals surface area contributed by atoms with Gasteiger partial charge in [-0.3, -0.25) is 4.79 Å². The van der Waals surface area contributed by atoms with E-state index in [4.69, 9.17) is 14.5 Å². The van der Waals surface area contributed by atoms with Crippen LogP contribution in [0.5, 0.6) is 11.5 Å². The molecule has 1 amide bonds. The molecule has 6 heteroatoms. The van der Waals surface area contributed by atoms with Crippen molar-refractivity contribution in [1.29, 1.82) is 0 Å². The van der Waals surface area contributed by atoms with Gasteiger partial charge >= 0.3 is 0 Å². The van der Waals surface area contributed by atoms with Crippen LogP contribution in [0.1, 0.15) is 59.1 Å². The zero-order valence-electron chi connectivity index (χ0n) is 23.6. The molecule has 1 aliphatic carbocycles. The van der Waals surface area contributed by atoms with Crippen LogP contribution >= 0.6 is 11.3 Å². The quantitative estimate of drug-likeness (QED) is 0.223. The number of hydrogen-bond acceptors (Lipinski definition) is 5. The van der Waals surface area contributed by atoms with E-state index in [-0.39, 0.29) is 11.3 Å². The molecule has 0 unspecified atom stereocenters. The van der Waals surface area contributed by atoms with Gasteiger partial charge in [0.25, 0.3) is 5.91 Å². The number of thiophene rings is 1. The Labute approximate surface area is 240 Å². The molecule has 40 heavy (non-hydrogen) atoms. The molecule has 3 aromatic carbocycles. The Morgan fingerprint density at radius 3 is 2.45 bits per heavy atom. The zero-order chi connectivity index (χ0) is 28.1. The maximum absolute atomic E-state index is 13.6. The SMILES string of the molecule is COc1cc(C=Nc2sc3c(c2C(=O)Nc2ccccc2)CC[C@H](C(C)(C)C)C3)ccc1OCc1ccccc1. The van der Waals surface area contributed by atoms with Crippen molar-refractivity contribution >= 4 is 34.1 Å². The lowest BCUT2D eigenvalue weighted by molar-refractivity contribution is 0.102. The van der Waals surface area contributed by atoms with Gasteiger partial charge in [-0.2, -0.15) is 0 Å². The van der Waals surface area contributed by atoms with Crippen molar-refractivity contribution in [2.45, 2.75) is 46.6 Å². The van der Waals surface area contributed by atoms with Crippen LogP contribution in [0.2, 0.25) is 0 Å². The fraction of sp³-hybridized carbons (Fsp3) is 0.294. The van der Waals surface area contributed by atoms with Gasteiger partial charge in [-0.1, -0.05) is 69.3 Å². The number of rotatable bonds is 8. The van der Waals surface area contributed by atoms with Gasteiger partial charge < -0.3 is 14.8 Å². The third-order valence-corrected chi connectivity index (χ3v) is 8.65. The van der Waals surface area contributed by atoms with Gasteiger partial charge in [0.15, 0.2) is 11.5 Å². The monoisotopic (exact) mass is 552 g/mol. The Hall–Kier alpha value is -3.90. The summed E-state index contributed by atoms with van der Waals surface area (Å²) in [6.45, 7) is 7.37. The molecule has 5 rings (SSSR count). The lowest BCUT2D eigenvalue weighted by atomic mass is 9.72. The highest BCUT2D eigenvalue weighted by atomic mass is 32.1. The Morgan fingerprint density at radius 1 is 1.02 bits per heavy atom. The van der Waals surface area contributed by atoms with Gasteiger partial charge in [-0.25, -0.2) is 4.99 Å². The summed E-state index contributed by atoms with van der Waals surface area (Å²) in [6.07, 6.45) is 4.75. The van der Waals surface area contributed by atoms with E-state index >= 15 is 0 Å². The van der Waals surface area contributed by atoms with Gasteiger partial charge in [0.05, 0.1) is 12.7 Å². The first-order valence-electron chi connectivity index (χ1n) is 13.7. The van der Waals surface area contributed by atoms with Crippen molar-refractivity contribution in [3.63, 3.8) is 0 Å². The molecule has 0 aliphatic heterocycles. The molecule has 0 spiro atoms. The van der Waals surface area contributed by atoms with Crippen molar-refractivity contribution in [2.75, 3.05) is 12.4 Å². The normalized spacial score (nSPS) is 15.1. The van der Waals surface area contributed by atoms with Crippen LogP contribution in [0, 0.1) is 11.3 Å². The second kappa shape index (κ2) is 12.1. The molecule has 4 aromatic rings. The molecule has 1 heterocycles. The van der Waals surface area contributed by atoms with Crippen LogP contribution in [-0.2, 0) is 19.4 Å². The van der Waals surface area contributed by atoms with E-state index < -0.39 is 0 Å². The van der Waals surface area contributed by atoms with Gasteiger partial charge in [0, 0.05) is 16.8 Å². The fourth-order valence-corrected chi connectivity index (χ4v) is 6.37. The van der Waals surface area contributed by atoms with Crippen LogP contribution < -0.4 is 14.8 Å². The topological polar surface area (TPSA) is 59.9 Å². The standard InChI is InChI=1S/C34H36N2O3S/c1-34(2,3)25-16-17-27-30(20-25)40-33(31(27)32(37)36-26-13-9-6-10-14-26)35-21-24-15-18-28(29(19-24)38-4)39-22-23-11-7-5-8-12-23/h5-15,18-19,21,25H,16-17,20,22H2,1-4H3,(H,36,37)/t25-/m0/s1. The number of para-hydroxylation sites is 1. The molecule has 5 nitrogen and oxygen atoms in total. The van der Waals surface area contributed by atoms with Gasteiger partial charge in [0.2, 0.25) is 0 Å².